The van der Waals surface area contributed by atoms with E-state index in [0.29, 0.717) is 19.5 Å². The van der Waals surface area contributed by atoms with Crippen LogP contribution in [0.5, 0.6) is 0 Å². The van der Waals surface area contributed by atoms with Crippen molar-refractivity contribution in [2.24, 2.45) is 11.5 Å². The number of carboxylic acids is 1. The van der Waals surface area contributed by atoms with Gasteiger partial charge >= 0.3 is 5.97 Å². The molecule has 0 aliphatic carbocycles. The summed E-state index contributed by atoms with van der Waals surface area (Å²) in [5.41, 5.74) is 10.6. The molecule has 1 atom stereocenters. The van der Waals surface area contributed by atoms with Crippen molar-refractivity contribution >= 4 is 11.9 Å². The maximum Gasteiger partial charge on any atom is 0.320 e. The number of aliphatic carboxylic acids is 1. The number of hydrogen-bond donors (Lipinski definition) is 4. The minimum Gasteiger partial charge on any atom is -0.480 e. The van der Waals surface area contributed by atoms with Crippen molar-refractivity contribution in [3.63, 3.8) is 0 Å². The van der Waals surface area contributed by atoms with Crippen LogP contribution in [-0.2, 0) is 9.59 Å². The molecule has 0 bridgehead atoms. The number of rotatable bonds is 9. The lowest BCUT2D eigenvalue weighted by molar-refractivity contribution is -0.138. The van der Waals surface area contributed by atoms with E-state index in [9.17, 15) is 9.59 Å². The van der Waals surface area contributed by atoms with Gasteiger partial charge in [0.15, 0.2) is 0 Å². The number of carbonyl (C=O) groups is 2. The lowest BCUT2D eigenvalue weighted by atomic mass is 10.2. The third kappa shape index (κ3) is 8.19. The molecule has 0 saturated heterocycles. The topological polar surface area (TPSA) is 118 Å². The Labute approximate surface area is 95.4 Å². The number of carbonyl (C=O) groups excluding carboxylic acids is 1. The zero-order chi connectivity index (χ0) is 12.4. The Morgan fingerprint density at radius 3 is 2.50 bits per heavy atom. The molecule has 6 heteroatoms. The second kappa shape index (κ2) is 9.11. The number of carboxylic acid groups (broad SMARTS) is 1. The van der Waals surface area contributed by atoms with Crippen molar-refractivity contribution in [2.45, 2.75) is 38.1 Å². The monoisotopic (exact) mass is 231 g/mol. The average Bonchev–Trinajstić information content (AvgIpc) is 2.24. The van der Waals surface area contributed by atoms with Crippen LogP contribution >= 0.6 is 0 Å². The summed E-state index contributed by atoms with van der Waals surface area (Å²) in [6, 6.07) is -0.905. The van der Waals surface area contributed by atoms with Gasteiger partial charge in [-0.15, -0.1) is 0 Å². The Bertz CT molecular complexity index is 221. The van der Waals surface area contributed by atoms with E-state index in [2.05, 4.69) is 5.32 Å². The van der Waals surface area contributed by atoms with Gasteiger partial charge in [-0.2, -0.15) is 0 Å². The Balaban J connectivity index is 3.40. The van der Waals surface area contributed by atoms with Gasteiger partial charge in [-0.3, -0.25) is 9.59 Å². The van der Waals surface area contributed by atoms with E-state index in [1.54, 1.807) is 0 Å². The zero-order valence-corrected chi connectivity index (χ0v) is 9.45. The van der Waals surface area contributed by atoms with E-state index in [-0.39, 0.29) is 12.3 Å². The van der Waals surface area contributed by atoms with Gasteiger partial charge in [0, 0.05) is 13.0 Å². The molecule has 16 heavy (non-hydrogen) atoms. The van der Waals surface area contributed by atoms with E-state index in [1.165, 1.54) is 0 Å². The highest BCUT2D eigenvalue weighted by Crippen LogP contribution is 1.98. The van der Waals surface area contributed by atoms with Gasteiger partial charge in [-0.05, 0) is 25.8 Å². The van der Waals surface area contributed by atoms with E-state index in [4.69, 9.17) is 16.6 Å². The van der Waals surface area contributed by atoms with Crippen molar-refractivity contribution in [1.29, 1.82) is 0 Å². The molecule has 0 aromatic heterocycles. The van der Waals surface area contributed by atoms with Crippen LogP contribution in [0.2, 0.25) is 0 Å². The largest absolute Gasteiger partial charge is 0.480 e. The highest BCUT2D eigenvalue weighted by molar-refractivity contribution is 5.76. The maximum atomic E-state index is 11.2. The van der Waals surface area contributed by atoms with Gasteiger partial charge in [-0.1, -0.05) is 6.42 Å². The van der Waals surface area contributed by atoms with E-state index >= 15 is 0 Å². The molecular weight excluding hydrogens is 210 g/mol. The molecule has 6 nitrogen and oxygen atoms in total. The molecule has 1 amide bonds. The van der Waals surface area contributed by atoms with Crippen LogP contribution in [0.3, 0.4) is 0 Å². The first-order valence-corrected chi connectivity index (χ1v) is 5.53. The molecule has 0 saturated carbocycles. The minimum atomic E-state index is -1.04. The Hall–Kier alpha value is -1.14. The molecule has 0 fully saturated rings. The van der Waals surface area contributed by atoms with Crippen molar-refractivity contribution in [1.82, 2.24) is 5.32 Å². The number of nitrogens with one attached hydrogen (secondary N) is 1. The molecule has 0 aromatic rings. The van der Waals surface area contributed by atoms with E-state index in [0.717, 1.165) is 19.3 Å². The molecule has 0 spiro atoms. The fraction of sp³-hybridized carbons (Fsp3) is 0.800. The van der Waals surface area contributed by atoms with Crippen molar-refractivity contribution in [3.8, 4) is 0 Å². The first-order chi connectivity index (χ1) is 7.57. The molecule has 0 heterocycles. The zero-order valence-electron chi connectivity index (χ0n) is 9.45. The van der Waals surface area contributed by atoms with E-state index in [1.807, 2.05) is 0 Å². The fourth-order valence-electron chi connectivity index (χ4n) is 1.19. The summed E-state index contributed by atoms with van der Waals surface area (Å²) >= 11 is 0. The number of amides is 1. The van der Waals surface area contributed by atoms with Crippen LogP contribution in [0.4, 0.5) is 0 Å². The summed E-state index contributed by atoms with van der Waals surface area (Å²) in [6.45, 7) is 0.957. The normalized spacial score (nSPS) is 12.1. The Kier molecular flexibility index (Phi) is 8.46. The molecule has 0 unspecified atom stereocenters. The minimum absolute atomic E-state index is 0.0605. The van der Waals surface area contributed by atoms with Gasteiger partial charge in [0.05, 0.1) is 0 Å². The molecule has 6 N–H and O–H groups in total. The summed E-state index contributed by atoms with van der Waals surface area (Å²) in [7, 11) is 0. The van der Waals surface area contributed by atoms with Gasteiger partial charge in [-0.25, -0.2) is 0 Å². The predicted molar refractivity (Wildman–Crippen MR) is 60.8 cm³/mol. The average molecular weight is 231 g/mol. The second-order valence-corrected chi connectivity index (χ2v) is 3.68. The molecule has 0 radical (unpaired) electrons. The summed E-state index contributed by atoms with van der Waals surface area (Å²) in [5.74, 6) is -1.10. The lowest BCUT2D eigenvalue weighted by Gasteiger charge is -2.07. The van der Waals surface area contributed by atoms with Gasteiger partial charge in [0.2, 0.25) is 5.91 Å². The standard InChI is InChI=1S/C10H21N3O3/c11-6-3-1-2-4-9(14)13-7-5-8(12)10(15)16/h8H,1-7,11-12H2,(H,13,14)(H,15,16)/t8-/m0/s1. The highest BCUT2D eigenvalue weighted by Gasteiger charge is 2.10. The predicted octanol–water partition coefficient (Wildman–Crippen LogP) is -0.576. The first-order valence-electron chi connectivity index (χ1n) is 5.53. The van der Waals surface area contributed by atoms with Crippen LogP contribution in [0, 0.1) is 0 Å². The highest BCUT2D eigenvalue weighted by atomic mass is 16.4. The fourth-order valence-corrected chi connectivity index (χ4v) is 1.19. The van der Waals surface area contributed by atoms with Crippen molar-refractivity contribution in [3.05, 3.63) is 0 Å². The van der Waals surface area contributed by atoms with Gasteiger partial charge in [0.25, 0.3) is 0 Å². The molecule has 0 aliphatic heterocycles. The van der Waals surface area contributed by atoms with Crippen LogP contribution < -0.4 is 16.8 Å². The molecular formula is C10H21N3O3. The number of nitrogens with two attached hydrogens (primary N) is 2. The molecule has 0 aliphatic rings. The third-order valence-corrected chi connectivity index (χ3v) is 2.20. The van der Waals surface area contributed by atoms with Gasteiger partial charge in [0.1, 0.15) is 6.04 Å². The number of hydrogen-bond acceptors (Lipinski definition) is 4. The summed E-state index contributed by atoms with van der Waals surface area (Å²) in [5, 5.41) is 11.1. The van der Waals surface area contributed by atoms with Crippen LogP contribution in [0.1, 0.15) is 32.1 Å². The quantitative estimate of drug-likeness (QED) is 0.396. The molecule has 0 aromatic carbocycles. The lowest BCUT2D eigenvalue weighted by Crippen LogP contribution is -2.35. The number of unbranched alkanes of at least 4 members (excludes halogenated alkanes) is 2. The van der Waals surface area contributed by atoms with Crippen LogP contribution in [0.25, 0.3) is 0 Å². The summed E-state index contributed by atoms with van der Waals surface area (Å²) in [6.07, 6.45) is 3.40. The molecule has 94 valence electrons. The second-order valence-electron chi connectivity index (χ2n) is 3.68. The maximum absolute atomic E-state index is 11.2. The summed E-state index contributed by atoms with van der Waals surface area (Å²) in [4.78, 5) is 21.6. The molecule has 0 rings (SSSR count). The van der Waals surface area contributed by atoms with Crippen molar-refractivity contribution < 1.29 is 14.7 Å². The van der Waals surface area contributed by atoms with Crippen LogP contribution in [0.15, 0.2) is 0 Å². The Morgan fingerprint density at radius 2 is 1.94 bits per heavy atom. The van der Waals surface area contributed by atoms with Crippen molar-refractivity contribution in [2.75, 3.05) is 13.1 Å². The smallest absolute Gasteiger partial charge is 0.320 e. The van der Waals surface area contributed by atoms with E-state index < -0.39 is 12.0 Å². The first kappa shape index (κ1) is 14.9. The third-order valence-electron chi connectivity index (χ3n) is 2.20. The van der Waals surface area contributed by atoms with Gasteiger partial charge < -0.3 is 21.9 Å². The summed E-state index contributed by atoms with van der Waals surface area (Å²) < 4.78 is 0. The van der Waals surface area contributed by atoms with Crippen LogP contribution in [-0.4, -0.2) is 36.1 Å². The Morgan fingerprint density at radius 1 is 1.25 bits per heavy atom. The SMILES string of the molecule is NCCCCCC(=O)NCC[C@H](N)C(=O)O.